The molecule has 5 heteroatoms. The summed E-state index contributed by atoms with van der Waals surface area (Å²) in [6.45, 7) is 0. The van der Waals surface area contributed by atoms with Gasteiger partial charge in [0.05, 0.1) is 13.2 Å². The van der Waals surface area contributed by atoms with Crippen LogP contribution in [-0.2, 0) is 0 Å². The molecule has 0 bridgehead atoms. The minimum atomic E-state index is -0.271. The van der Waals surface area contributed by atoms with E-state index in [1.165, 1.54) is 36.2 Å². The Morgan fingerprint density at radius 2 is 1.96 bits per heavy atom. The molecule has 0 radical (unpaired) electrons. The fourth-order valence-electron chi connectivity index (χ4n) is 3.73. The van der Waals surface area contributed by atoms with Crippen LogP contribution in [0.2, 0.25) is 0 Å². The zero-order valence-electron chi connectivity index (χ0n) is 14.2. The third-order valence-electron chi connectivity index (χ3n) is 5.15. The number of nitrogens with one attached hydrogen (secondary N) is 1. The summed E-state index contributed by atoms with van der Waals surface area (Å²) in [6, 6.07) is 8.12. The summed E-state index contributed by atoms with van der Waals surface area (Å²) < 4.78 is 5.26. The van der Waals surface area contributed by atoms with Gasteiger partial charge in [0.25, 0.3) is 0 Å². The molecule has 0 spiro atoms. The topological polar surface area (TPSA) is 69.6 Å². The molecule has 1 aliphatic rings. The summed E-state index contributed by atoms with van der Waals surface area (Å²) in [7, 11) is 1.67. The van der Waals surface area contributed by atoms with Crippen molar-refractivity contribution in [1.29, 1.82) is 0 Å². The Bertz CT molecular complexity index is 635. The smallest absolute Gasteiger partial charge is 0.329 e. The lowest BCUT2D eigenvalue weighted by atomic mass is 9.80. The van der Waals surface area contributed by atoms with Gasteiger partial charge in [-0.1, -0.05) is 42.7 Å². The quantitative estimate of drug-likeness (QED) is 0.838. The van der Waals surface area contributed by atoms with Gasteiger partial charge in [0.2, 0.25) is 0 Å². The number of aromatic amines is 1. The van der Waals surface area contributed by atoms with E-state index in [4.69, 9.17) is 10.5 Å². The Morgan fingerprint density at radius 1 is 1.25 bits per heavy atom. The van der Waals surface area contributed by atoms with Crippen molar-refractivity contribution in [1.82, 2.24) is 0 Å². The molecule has 1 fully saturated rings. The van der Waals surface area contributed by atoms with Crippen molar-refractivity contribution in [3.63, 3.8) is 0 Å². The van der Waals surface area contributed by atoms with Crippen molar-refractivity contribution in [3.05, 3.63) is 40.9 Å². The number of nitrogens with two attached hydrogens (primary N) is 1. The average molecular weight is 348 g/mol. The highest BCUT2D eigenvalue weighted by Crippen LogP contribution is 2.35. The van der Waals surface area contributed by atoms with E-state index >= 15 is 0 Å². The molecule has 2 unspecified atom stereocenters. The second-order valence-electron chi connectivity index (χ2n) is 6.71. The van der Waals surface area contributed by atoms with Crippen molar-refractivity contribution >= 4 is 16.5 Å². The highest BCUT2D eigenvalue weighted by atomic mass is 32.1. The van der Waals surface area contributed by atoms with E-state index in [0.717, 1.165) is 30.7 Å². The highest BCUT2D eigenvalue weighted by Gasteiger charge is 2.28. The molecule has 0 aliphatic heterocycles. The van der Waals surface area contributed by atoms with Crippen LogP contribution in [0.5, 0.6) is 5.75 Å². The molecule has 130 valence electrons. The zero-order valence-corrected chi connectivity index (χ0v) is 15.0. The summed E-state index contributed by atoms with van der Waals surface area (Å²) in [5.74, 6) is 1.40. The summed E-state index contributed by atoms with van der Waals surface area (Å²) >= 11 is 1.51. The Morgan fingerprint density at radius 3 is 2.54 bits per heavy atom. The number of methoxy groups -OCH3 is 1. The number of rotatable bonds is 6. The molecule has 2 aromatic rings. The number of H-pyrrole nitrogens is 1. The van der Waals surface area contributed by atoms with Crippen LogP contribution >= 0.6 is 11.3 Å². The molecule has 4 N–H and O–H groups in total. The van der Waals surface area contributed by atoms with Gasteiger partial charge in [0.1, 0.15) is 11.4 Å². The molecule has 4 nitrogen and oxygen atoms in total. The Balaban J connectivity index is 1.81. The number of hydrogen-bond acceptors (Lipinski definition) is 4. The van der Waals surface area contributed by atoms with Crippen molar-refractivity contribution in [3.8, 4) is 5.75 Å². The van der Waals surface area contributed by atoms with Crippen LogP contribution in [0.3, 0.4) is 0 Å². The first kappa shape index (κ1) is 17.2. The Hall–Kier alpha value is -1.59. The van der Waals surface area contributed by atoms with Gasteiger partial charge in [-0.3, -0.25) is 5.73 Å². The number of aromatic nitrogens is 1. The van der Waals surface area contributed by atoms with Gasteiger partial charge in [-0.2, -0.15) is 0 Å². The normalized spacial score (nSPS) is 18.2. The molecule has 1 heterocycles. The number of thiazole rings is 1. The molecule has 1 aromatic carbocycles. The lowest BCUT2D eigenvalue weighted by molar-refractivity contribution is -0.368. The van der Waals surface area contributed by atoms with Crippen LogP contribution in [0.25, 0.3) is 0 Å². The number of ether oxygens (including phenoxy) is 1. The molecule has 1 aliphatic carbocycles. The minimum Gasteiger partial charge on any atom is -0.497 e. The number of nitrogen functional groups attached to an aromatic ring is 1. The van der Waals surface area contributed by atoms with E-state index in [2.05, 4.69) is 22.5 Å². The van der Waals surface area contributed by atoms with Crippen LogP contribution in [0.15, 0.2) is 29.6 Å². The van der Waals surface area contributed by atoms with E-state index in [1.54, 1.807) is 7.11 Å². The van der Waals surface area contributed by atoms with E-state index in [9.17, 15) is 5.11 Å². The Labute approximate surface area is 147 Å². The van der Waals surface area contributed by atoms with Crippen molar-refractivity contribution < 1.29 is 14.8 Å². The minimum absolute atomic E-state index is 0.126. The van der Waals surface area contributed by atoms with Gasteiger partial charge in [-0.15, -0.1) is 0 Å². The maximum absolute atomic E-state index is 10.8. The number of hydrogen-bond donors (Lipinski definition) is 2. The van der Waals surface area contributed by atoms with Crippen LogP contribution in [0.4, 0.5) is 5.13 Å². The largest absolute Gasteiger partial charge is 0.497 e. The lowest BCUT2D eigenvalue weighted by Crippen LogP contribution is -2.27. The maximum atomic E-state index is 10.8. The number of aliphatic hydroxyl groups excluding tert-OH is 1. The predicted octanol–water partition coefficient (Wildman–Crippen LogP) is 3.62. The lowest BCUT2D eigenvalue weighted by Gasteiger charge is -2.28. The first-order valence-electron chi connectivity index (χ1n) is 8.75. The van der Waals surface area contributed by atoms with Gasteiger partial charge in [0.15, 0.2) is 0 Å². The average Bonchev–Trinajstić information content (AvgIpc) is 3.06. The number of anilines is 1. The van der Waals surface area contributed by atoms with Crippen molar-refractivity contribution in [2.45, 2.75) is 50.5 Å². The van der Waals surface area contributed by atoms with Gasteiger partial charge < -0.3 is 9.84 Å². The van der Waals surface area contributed by atoms with Gasteiger partial charge in [-0.05, 0) is 42.9 Å². The molecule has 0 amide bonds. The standard InChI is InChI=1S/C19H26N2O2S/c1-23-15-9-7-13(8-10-15)16(17-12-24-19(20)21-17)11-18(22)14-5-3-2-4-6-14/h7-10,12,14,16,18,22H,2-6,11H2,1H3,(H2,20,21)/p+1. The van der Waals surface area contributed by atoms with Gasteiger partial charge in [0, 0.05) is 11.3 Å². The van der Waals surface area contributed by atoms with E-state index in [1.807, 2.05) is 12.1 Å². The number of aliphatic hydroxyl groups is 1. The third-order valence-corrected chi connectivity index (χ3v) is 5.87. The molecule has 1 aromatic heterocycles. The molecule has 3 rings (SSSR count). The second kappa shape index (κ2) is 7.99. The van der Waals surface area contributed by atoms with Crippen LogP contribution in [0.1, 0.15) is 55.7 Å². The van der Waals surface area contributed by atoms with Crippen molar-refractivity contribution in [2.24, 2.45) is 5.92 Å². The molecule has 24 heavy (non-hydrogen) atoms. The summed E-state index contributed by atoms with van der Waals surface area (Å²) in [6.07, 6.45) is 6.53. The van der Waals surface area contributed by atoms with E-state index < -0.39 is 0 Å². The molecular formula is C19H27N2O2S+. The fraction of sp³-hybridized carbons (Fsp3) is 0.526. The Kier molecular flexibility index (Phi) is 5.74. The van der Waals surface area contributed by atoms with Gasteiger partial charge >= 0.3 is 5.13 Å². The molecule has 0 saturated heterocycles. The molecule has 2 atom stereocenters. The zero-order chi connectivity index (χ0) is 16.9. The first-order valence-corrected chi connectivity index (χ1v) is 9.63. The van der Waals surface area contributed by atoms with Crippen LogP contribution in [0, 0.1) is 5.92 Å². The SMILES string of the molecule is COc1ccc(C(CC(O)C2CCCCC2)c2csc(N)[nH+]2)cc1. The molecular weight excluding hydrogens is 320 g/mol. The van der Waals surface area contributed by atoms with Gasteiger partial charge in [-0.25, -0.2) is 4.98 Å². The number of benzene rings is 1. The molecule has 1 saturated carbocycles. The van der Waals surface area contributed by atoms with E-state index in [0.29, 0.717) is 11.0 Å². The summed E-state index contributed by atoms with van der Waals surface area (Å²) in [5.41, 5.74) is 8.16. The van der Waals surface area contributed by atoms with E-state index in [-0.39, 0.29) is 12.0 Å². The summed E-state index contributed by atoms with van der Waals surface area (Å²) in [5, 5.41) is 13.6. The first-order chi connectivity index (χ1) is 11.7. The monoisotopic (exact) mass is 347 g/mol. The van der Waals surface area contributed by atoms with Crippen LogP contribution < -0.4 is 15.5 Å². The second-order valence-corrected chi connectivity index (χ2v) is 7.62. The predicted molar refractivity (Wildman–Crippen MR) is 97.3 cm³/mol. The summed E-state index contributed by atoms with van der Waals surface area (Å²) in [4.78, 5) is 3.27. The fourth-order valence-corrected chi connectivity index (χ4v) is 4.38. The maximum Gasteiger partial charge on any atom is 0.329 e. The highest BCUT2D eigenvalue weighted by molar-refractivity contribution is 7.13. The van der Waals surface area contributed by atoms with Crippen LogP contribution in [-0.4, -0.2) is 18.3 Å². The third kappa shape index (κ3) is 4.08. The van der Waals surface area contributed by atoms with Crippen molar-refractivity contribution in [2.75, 3.05) is 12.8 Å².